The second kappa shape index (κ2) is 11.1. The monoisotopic (exact) mass is 214 g/mol. The predicted octanol–water partition coefficient (Wildman–Crippen LogP) is 3.23. The first-order chi connectivity index (χ1) is 7.35. The van der Waals surface area contributed by atoms with Crippen molar-refractivity contribution < 1.29 is 14.2 Å². The van der Waals surface area contributed by atoms with Gasteiger partial charge in [0.05, 0.1) is 19.1 Å². The van der Waals surface area contributed by atoms with Gasteiger partial charge in [0, 0.05) is 6.42 Å². The molecule has 15 heavy (non-hydrogen) atoms. The van der Waals surface area contributed by atoms with Crippen LogP contribution in [0.1, 0.15) is 32.6 Å². The molecule has 0 aliphatic heterocycles. The third-order valence-electron chi connectivity index (χ3n) is 1.91. The second-order valence-corrected chi connectivity index (χ2v) is 3.14. The summed E-state index contributed by atoms with van der Waals surface area (Å²) in [6.45, 7) is 10.2. The molecule has 1 atom stereocenters. The normalized spacial score (nSPS) is 11.8. The smallest absolute Gasteiger partial charge is 0.199 e. The topological polar surface area (TPSA) is 27.7 Å². The van der Waals surface area contributed by atoms with Crippen LogP contribution in [0.2, 0.25) is 0 Å². The van der Waals surface area contributed by atoms with Crippen LogP contribution in [-0.4, -0.2) is 19.5 Å². The number of hydrogen-bond acceptors (Lipinski definition) is 3. The van der Waals surface area contributed by atoms with Crippen LogP contribution >= 0.6 is 0 Å². The molecule has 0 aliphatic rings. The highest BCUT2D eigenvalue weighted by Gasteiger charge is 2.07. The van der Waals surface area contributed by atoms with Crippen molar-refractivity contribution in [1.82, 2.24) is 0 Å². The van der Waals surface area contributed by atoms with E-state index in [2.05, 4.69) is 20.1 Å². The molecule has 0 bridgehead atoms. The molecule has 0 saturated heterocycles. The molecular formula is C12H22O3. The van der Waals surface area contributed by atoms with E-state index in [1.807, 2.05) is 0 Å². The Morgan fingerprint density at radius 1 is 1.13 bits per heavy atom. The molecule has 3 heteroatoms. The summed E-state index contributed by atoms with van der Waals surface area (Å²) < 4.78 is 15.6. The Balaban J connectivity index is 3.52. The lowest BCUT2D eigenvalue weighted by Gasteiger charge is -2.16. The standard InChI is InChI=1S/C12H22O3/c1-4-7-8-9-12(14-6-3)15-11-10-13-5-2/h5-6,12H,2-4,7-11H2,1H3. The zero-order valence-corrected chi connectivity index (χ0v) is 9.61. The first-order valence-electron chi connectivity index (χ1n) is 5.45. The molecule has 0 saturated carbocycles. The molecule has 0 aromatic rings. The van der Waals surface area contributed by atoms with Gasteiger partial charge in [0.25, 0.3) is 0 Å². The summed E-state index contributed by atoms with van der Waals surface area (Å²) in [5, 5.41) is 0. The summed E-state index contributed by atoms with van der Waals surface area (Å²) in [5.74, 6) is 0. The van der Waals surface area contributed by atoms with E-state index < -0.39 is 0 Å². The van der Waals surface area contributed by atoms with E-state index in [4.69, 9.17) is 14.2 Å². The molecule has 88 valence electrons. The van der Waals surface area contributed by atoms with Crippen molar-refractivity contribution in [2.75, 3.05) is 13.2 Å². The molecule has 1 unspecified atom stereocenters. The second-order valence-electron chi connectivity index (χ2n) is 3.14. The first-order valence-corrected chi connectivity index (χ1v) is 5.45. The number of ether oxygens (including phenoxy) is 3. The summed E-state index contributed by atoms with van der Waals surface area (Å²) >= 11 is 0. The maximum atomic E-state index is 5.46. The van der Waals surface area contributed by atoms with E-state index in [-0.39, 0.29) is 6.29 Å². The molecule has 0 amide bonds. The van der Waals surface area contributed by atoms with Crippen molar-refractivity contribution in [3.8, 4) is 0 Å². The Morgan fingerprint density at radius 3 is 2.53 bits per heavy atom. The Morgan fingerprint density at radius 2 is 1.93 bits per heavy atom. The van der Waals surface area contributed by atoms with Crippen molar-refractivity contribution in [2.45, 2.75) is 38.9 Å². The van der Waals surface area contributed by atoms with Gasteiger partial charge in [0.2, 0.25) is 0 Å². The lowest BCUT2D eigenvalue weighted by atomic mass is 10.2. The zero-order chi connectivity index (χ0) is 11.4. The molecule has 0 aromatic carbocycles. The van der Waals surface area contributed by atoms with E-state index in [9.17, 15) is 0 Å². The lowest BCUT2D eigenvalue weighted by Crippen LogP contribution is -2.17. The number of unbranched alkanes of at least 4 members (excludes halogenated alkanes) is 2. The Hall–Kier alpha value is -0.960. The Labute approximate surface area is 92.7 Å². The highest BCUT2D eigenvalue weighted by Crippen LogP contribution is 2.08. The fourth-order valence-electron chi connectivity index (χ4n) is 1.17. The van der Waals surface area contributed by atoms with Gasteiger partial charge in [-0.05, 0) is 6.42 Å². The minimum absolute atomic E-state index is 0.192. The highest BCUT2D eigenvalue weighted by atomic mass is 16.7. The molecule has 0 radical (unpaired) electrons. The zero-order valence-electron chi connectivity index (χ0n) is 9.61. The molecule has 0 fully saturated rings. The average Bonchev–Trinajstić information content (AvgIpc) is 2.24. The average molecular weight is 214 g/mol. The molecule has 0 rings (SSSR count). The van der Waals surface area contributed by atoms with Crippen LogP contribution in [0.15, 0.2) is 25.7 Å². The summed E-state index contributed by atoms with van der Waals surface area (Å²) in [6.07, 6.45) is 7.03. The Bertz CT molecular complexity index is 157. The number of hydrogen-bond donors (Lipinski definition) is 0. The fraction of sp³-hybridized carbons (Fsp3) is 0.667. The van der Waals surface area contributed by atoms with E-state index in [1.54, 1.807) is 0 Å². The minimum Gasteiger partial charge on any atom is -0.499 e. The van der Waals surface area contributed by atoms with Crippen molar-refractivity contribution in [1.29, 1.82) is 0 Å². The molecule has 0 aromatic heterocycles. The van der Waals surface area contributed by atoms with Crippen LogP contribution in [0.3, 0.4) is 0 Å². The lowest BCUT2D eigenvalue weighted by molar-refractivity contribution is -0.118. The molecule has 0 N–H and O–H groups in total. The van der Waals surface area contributed by atoms with Crippen LogP contribution in [0, 0.1) is 0 Å². The van der Waals surface area contributed by atoms with Gasteiger partial charge < -0.3 is 14.2 Å². The number of rotatable bonds is 11. The van der Waals surface area contributed by atoms with Gasteiger partial charge in [0.1, 0.15) is 6.61 Å². The van der Waals surface area contributed by atoms with Gasteiger partial charge in [-0.1, -0.05) is 32.9 Å². The summed E-state index contributed by atoms with van der Waals surface area (Å²) in [5.41, 5.74) is 0. The molecular weight excluding hydrogens is 192 g/mol. The van der Waals surface area contributed by atoms with E-state index >= 15 is 0 Å². The van der Waals surface area contributed by atoms with Gasteiger partial charge in [-0.25, -0.2) is 0 Å². The van der Waals surface area contributed by atoms with E-state index in [0.717, 1.165) is 12.8 Å². The maximum Gasteiger partial charge on any atom is 0.199 e. The van der Waals surface area contributed by atoms with Crippen LogP contribution in [-0.2, 0) is 14.2 Å². The summed E-state index contributed by atoms with van der Waals surface area (Å²) in [4.78, 5) is 0. The van der Waals surface area contributed by atoms with Gasteiger partial charge in [0.15, 0.2) is 6.29 Å². The molecule has 0 spiro atoms. The van der Waals surface area contributed by atoms with Crippen LogP contribution in [0.25, 0.3) is 0 Å². The van der Waals surface area contributed by atoms with E-state index in [1.165, 1.54) is 25.4 Å². The summed E-state index contributed by atoms with van der Waals surface area (Å²) in [6, 6.07) is 0. The predicted molar refractivity (Wildman–Crippen MR) is 61.3 cm³/mol. The van der Waals surface area contributed by atoms with Gasteiger partial charge in [-0.15, -0.1) is 0 Å². The minimum atomic E-state index is -0.192. The third-order valence-corrected chi connectivity index (χ3v) is 1.91. The van der Waals surface area contributed by atoms with Crippen molar-refractivity contribution in [3.63, 3.8) is 0 Å². The van der Waals surface area contributed by atoms with Crippen LogP contribution in [0.4, 0.5) is 0 Å². The molecule has 0 aliphatic carbocycles. The Kier molecular flexibility index (Phi) is 10.4. The van der Waals surface area contributed by atoms with E-state index in [0.29, 0.717) is 13.2 Å². The van der Waals surface area contributed by atoms with Gasteiger partial charge >= 0.3 is 0 Å². The summed E-state index contributed by atoms with van der Waals surface area (Å²) in [7, 11) is 0. The largest absolute Gasteiger partial charge is 0.499 e. The van der Waals surface area contributed by atoms with Crippen LogP contribution < -0.4 is 0 Å². The highest BCUT2D eigenvalue weighted by molar-refractivity contribution is 4.55. The van der Waals surface area contributed by atoms with Crippen molar-refractivity contribution in [2.24, 2.45) is 0 Å². The first kappa shape index (κ1) is 14.0. The van der Waals surface area contributed by atoms with Gasteiger partial charge in [-0.3, -0.25) is 0 Å². The van der Waals surface area contributed by atoms with Crippen LogP contribution in [0.5, 0.6) is 0 Å². The molecule has 0 heterocycles. The van der Waals surface area contributed by atoms with Crippen molar-refractivity contribution in [3.05, 3.63) is 25.7 Å². The van der Waals surface area contributed by atoms with Crippen molar-refractivity contribution >= 4 is 0 Å². The van der Waals surface area contributed by atoms with Gasteiger partial charge in [-0.2, -0.15) is 0 Å². The third kappa shape index (κ3) is 9.35. The quantitative estimate of drug-likeness (QED) is 0.300. The molecule has 3 nitrogen and oxygen atoms in total. The maximum absolute atomic E-state index is 5.46. The SMILES string of the molecule is C=COCCOC(CCCCC)OC=C. The fourth-order valence-corrected chi connectivity index (χ4v) is 1.17.